The van der Waals surface area contributed by atoms with Crippen LogP contribution in [0, 0.1) is 13.8 Å². The zero-order chi connectivity index (χ0) is 48.5. The number of hydrogen-bond donors (Lipinski definition) is 2. The van der Waals surface area contributed by atoms with E-state index in [0.717, 1.165) is 62.1 Å². The molecular formula is C50H47BrF6N8O3. The average molecular weight is 1000 g/mol. The number of benzene rings is 4. The first-order valence-electron chi connectivity index (χ1n) is 21.8. The summed E-state index contributed by atoms with van der Waals surface area (Å²) >= 11 is 3.41. The number of halogens is 7. The van der Waals surface area contributed by atoms with Crippen molar-refractivity contribution in [1.29, 1.82) is 0 Å². The van der Waals surface area contributed by atoms with E-state index in [0.29, 0.717) is 73.4 Å². The van der Waals surface area contributed by atoms with Gasteiger partial charge in [0.2, 0.25) is 0 Å². The van der Waals surface area contributed by atoms with Crippen molar-refractivity contribution in [3.8, 4) is 11.1 Å². The number of furan rings is 1. The van der Waals surface area contributed by atoms with Crippen LogP contribution in [0.15, 0.2) is 125 Å². The highest BCUT2D eigenvalue weighted by Gasteiger charge is 2.34. The van der Waals surface area contributed by atoms with Gasteiger partial charge >= 0.3 is 12.4 Å². The maximum absolute atomic E-state index is 13.3. The lowest BCUT2D eigenvalue weighted by molar-refractivity contribution is -0.138. The smallest absolute Gasteiger partial charge is 0.416 e. The third kappa shape index (κ3) is 10.5. The van der Waals surface area contributed by atoms with Crippen LogP contribution in [0.1, 0.15) is 91.4 Å². The minimum atomic E-state index is -4.37. The topological polar surface area (TPSA) is 113 Å². The summed E-state index contributed by atoms with van der Waals surface area (Å²) in [7, 11) is 0. The Kier molecular flexibility index (Phi) is 13.6. The molecule has 0 spiro atoms. The van der Waals surface area contributed by atoms with Crippen LogP contribution >= 0.6 is 15.9 Å². The van der Waals surface area contributed by atoms with Gasteiger partial charge in [-0.1, -0.05) is 76.6 Å². The molecule has 0 saturated heterocycles. The van der Waals surface area contributed by atoms with E-state index in [2.05, 4.69) is 36.8 Å². The summed E-state index contributed by atoms with van der Waals surface area (Å²) in [6, 6.07) is 27.3. The van der Waals surface area contributed by atoms with E-state index in [9.17, 15) is 35.9 Å². The molecule has 68 heavy (non-hydrogen) atoms. The number of alkyl halides is 6. The molecule has 0 aliphatic carbocycles. The molecule has 2 amide bonds. The lowest BCUT2D eigenvalue weighted by atomic mass is 10.0. The van der Waals surface area contributed by atoms with E-state index < -0.39 is 23.5 Å². The van der Waals surface area contributed by atoms with Crippen LogP contribution in [0.4, 0.5) is 38.0 Å². The van der Waals surface area contributed by atoms with Crippen LogP contribution in [0.5, 0.6) is 0 Å². The highest BCUT2D eigenvalue weighted by Crippen LogP contribution is 2.35. The summed E-state index contributed by atoms with van der Waals surface area (Å²) < 4.78 is 86.9. The van der Waals surface area contributed by atoms with Gasteiger partial charge in [-0.2, -0.15) is 36.5 Å². The maximum Gasteiger partial charge on any atom is 0.416 e. The third-order valence-electron chi connectivity index (χ3n) is 12.1. The minimum Gasteiger partial charge on any atom is -0.472 e. The Bertz CT molecular complexity index is 2880. The summed E-state index contributed by atoms with van der Waals surface area (Å²) in [5.74, 6) is 0.924. The number of rotatable bonds is 11. The summed E-state index contributed by atoms with van der Waals surface area (Å²) in [6.45, 7) is 10.7. The minimum absolute atomic E-state index is 0.199. The van der Waals surface area contributed by atoms with E-state index in [1.807, 2.05) is 78.2 Å². The molecule has 4 aromatic carbocycles. The fourth-order valence-corrected chi connectivity index (χ4v) is 8.73. The molecule has 2 aliphatic heterocycles. The number of carbonyl (C=O) groups is 2. The fourth-order valence-electron chi connectivity index (χ4n) is 8.46. The Hall–Kier alpha value is -6.82. The Morgan fingerprint density at radius 2 is 1.01 bits per heavy atom. The van der Waals surface area contributed by atoms with Crippen LogP contribution in [0.3, 0.4) is 0 Å². The predicted octanol–water partition coefficient (Wildman–Crippen LogP) is 11.5. The lowest BCUT2D eigenvalue weighted by Gasteiger charge is -2.20. The summed E-state index contributed by atoms with van der Waals surface area (Å²) in [5, 5.41) is 15.1. The molecule has 7 aromatic rings. The van der Waals surface area contributed by atoms with Gasteiger partial charge in [-0.15, -0.1) is 0 Å². The first kappa shape index (κ1) is 47.7. The molecule has 9 rings (SSSR count). The molecule has 11 nitrogen and oxygen atoms in total. The van der Waals surface area contributed by atoms with Gasteiger partial charge in [0.25, 0.3) is 11.8 Å². The van der Waals surface area contributed by atoms with Gasteiger partial charge in [0.15, 0.2) is 0 Å². The average Bonchev–Trinajstić information content (AvgIpc) is 4.15. The largest absolute Gasteiger partial charge is 0.472 e. The Morgan fingerprint density at radius 1 is 0.603 bits per heavy atom. The van der Waals surface area contributed by atoms with Crippen molar-refractivity contribution in [3.63, 3.8) is 0 Å². The number of nitrogens with zero attached hydrogens (tertiary/aromatic N) is 6. The first-order valence-corrected chi connectivity index (χ1v) is 22.6. The number of aromatic nitrogens is 4. The molecule has 2 N–H and O–H groups in total. The fraction of sp³-hybridized carbons (Fsp3) is 0.280. The number of anilines is 2. The molecule has 0 fully saturated rings. The van der Waals surface area contributed by atoms with Crippen LogP contribution in [0.25, 0.3) is 11.1 Å². The third-order valence-corrected chi connectivity index (χ3v) is 12.6. The molecular weight excluding hydrogens is 954 g/mol. The van der Waals surface area contributed by atoms with Crippen LogP contribution in [0.2, 0.25) is 0 Å². The second kappa shape index (κ2) is 19.4. The molecule has 3 aromatic heterocycles. The summed E-state index contributed by atoms with van der Waals surface area (Å²) in [4.78, 5) is 30.5. The van der Waals surface area contributed by atoms with Crippen molar-refractivity contribution >= 4 is 39.4 Å². The molecule has 0 bridgehead atoms. The van der Waals surface area contributed by atoms with E-state index in [1.165, 1.54) is 24.3 Å². The summed E-state index contributed by atoms with van der Waals surface area (Å²) in [5.41, 5.74) is 6.27. The number of hydrogen-bond acceptors (Lipinski definition) is 7. The van der Waals surface area contributed by atoms with E-state index >= 15 is 0 Å². The van der Waals surface area contributed by atoms with Crippen molar-refractivity contribution in [2.45, 2.75) is 78.3 Å². The Morgan fingerprint density at radius 3 is 1.40 bits per heavy atom. The Labute approximate surface area is 396 Å². The zero-order valence-corrected chi connectivity index (χ0v) is 39.0. The highest BCUT2D eigenvalue weighted by atomic mass is 79.9. The molecule has 2 aliphatic rings. The van der Waals surface area contributed by atoms with Crippen LogP contribution in [-0.4, -0.2) is 44.5 Å². The van der Waals surface area contributed by atoms with Gasteiger partial charge in [-0.3, -0.25) is 9.59 Å². The van der Waals surface area contributed by atoms with Crippen LogP contribution in [-0.2, 0) is 38.5 Å². The van der Waals surface area contributed by atoms with E-state index in [-0.39, 0.29) is 23.9 Å². The molecule has 0 radical (unpaired) electrons. The zero-order valence-electron chi connectivity index (χ0n) is 37.4. The normalized spacial score (nSPS) is 14.2. The van der Waals surface area contributed by atoms with Gasteiger partial charge in [0.05, 0.1) is 60.2 Å². The quantitative estimate of drug-likeness (QED) is 0.124. The van der Waals surface area contributed by atoms with Gasteiger partial charge in [-0.05, 0) is 98.0 Å². The van der Waals surface area contributed by atoms with Crippen LogP contribution < -0.4 is 20.4 Å². The second-order valence-electron chi connectivity index (χ2n) is 16.8. The van der Waals surface area contributed by atoms with Gasteiger partial charge in [-0.25, -0.2) is 9.36 Å². The highest BCUT2D eigenvalue weighted by molar-refractivity contribution is 9.10. The lowest BCUT2D eigenvalue weighted by Crippen LogP contribution is -2.29. The molecule has 0 saturated carbocycles. The number of aryl methyl sites for hydroxylation is 2. The first-order chi connectivity index (χ1) is 32.3. The van der Waals surface area contributed by atoms with E-state index in [4.69, 9.17) is 4.42 Å². The SMILES string of the molecule is Cc1nn2c(c1C(=O)N[C@@H](C)c1ccc(-c3ccoc3)cc1)N(Cc1ccc(C(F)(F)F)cc1)CC2.Cc1nn2c(c1C(=O)N[C@@H](C)c1ccc(Br)cc1)N(Cc1ccc(C(F)(F)F)cc1)CC2. The van der Waals surface area contributed by atoms with Crippen molar-refractivity contribution in [2.24, 2.45) is 0 Å². The molecule has 354 valence electrons. The second-order valence-corrected chi connectivity index (χ2v) is 17.7. The standard InChI is InChI=1S/C27H25F3N4O2.C23H22BrF3N4O/c1-17(20-5-7-21(8-6-20)22-11-14-36-16-22)31-25(35)24-18(2)32-34-13-12-33(26(24)34)15-19-3-9-23(10-4-19)27(28,29)30;1-14(17-5-9-19(24)10-6-17)28-21(32)20-15(2)29-31-12-11-30(22(20)31)13-16-3-7-18(8-4-16)23(25,26)27/h3-11,14,16-17H,12-13,15H2,1-2H3,(H,31,35);3-10,14H,11-13H2,1-2H3,(H,28,32)/t17-;14-/m00/s1. The summed E-state index contributed by atoms with van der Waals surface area (Å²) in [6.07, 6.45) is -5.43. The van der Waals surface area contributed by atoms with Gasteiger partial charge in [0.1, 0.15) is 22.8 Å². The molecule has 18 heteroatoms. The predicted molar refractivity (Wildman–Crippen MR) is 249 cm³/mol. The molecule has 2 atom stereocenters. The van der Waals surface area contributed by atoms with Crippen molar-refractivity contribution in [3.05, 3.63) is 176 Å². The van der Waals surface area contributed by atoms with Crippen molar-refractivity contribution in [1.82, 2.24) is 30.2 Å². The van der Waals surface area contributed by atoms with Crippen molar-refractivity contribution in [2.75, 3.05) is 22.9 Å². The van der Waals surface area contributed by atoms with Crippen molar-refractivity contribution < 1.29 is 40.3 Å². The Balaban J connectivity index is 0.000000185. The number of carbonyl (C=O) groups excluding carboxylic acids is 2. The van der Waals surface area contributed by atoms with Gasteiger partial charge in [0, 0.05) is 36.2 Å². The van der Waals surface area contributed by atoms with Gasteiger partial charge < -0.3 is 24.9 Å². The van der Waals surface area contributed by atoms with E-state index in [1.54, 1.807) is 35.7 Å². The number of nitrogens with one attached hydrogen (secondary N) is 2. The number of amides is 2. The molecule has 5 heterocycles. The maximum atomic E-state index is 13.3. The number of fused-ring (bicyclic) bond motifs is 2. The molecule has 0 unspecified atom stereocenters. The monoisotopic (exact) mass is 1000 g/mol.